The molecule has 0 spiro atoms. The van der Waals surface area contributed by atoms with Crippen LogP contribution in [-0.2, 0) is 9.59 Å². The molecule has 0 heterocycles. The average molecular weight is 726 g/mol. The van der Waals surface area contributed by atoms with Gasteiger partial charge in [-0.15, -0.1) is 0 Å². The van der Waals surface area contributed by atoms with Crippen LogP contribution in [0.25, 0.3) is 0 Å². The van der Waals surface area contributed by atoms with Gasteiger partial charge in [0.1, 0.15) is 5.60 Å². The van der Waals surface area contributed by atoms with E-state index >= 15 is 0 Å². The second-order valence-electron chi connectivity index (χ2n) is 10.2. The third-order valence-electron chi connectivity index (χ3n) is 6.23. The Bertz CT molecular complexity index is 424. The number of carboxylic acids is 2. The summed E-state index contributed by atoms with van der Waals surface area (Å²) in [7, 11) is 0. The second-order valence-corrected chi connectivity index (χ2v) is 27.4. The molecule has 0 aromatic carbocycles. The van der Waals surface area contributed by atoms with Crippen molar-refractivity contribution in [3.8, 4) is 0 Å². The van der Waals surface area contributed by atoms with E-state index in [1.807, 2.05) is 0 Å². The van der Waals surface area contributed by atoms with Gasteiger partial charge in [-0.3, -0.25) is 0 Å². The van der Waals surface area contributed by atoms with Crippen molar-refractivity contribution in [3.63, 3.8) is 0 Å². The summed E-state index contributed by atoms with van der Waals surface area (Å²) in [6.45, 7) is 14.8. The standard InChI is InChI=1S/C5H8O5.6C4H9.2Sn/c1-5(10,4(8)9)2-3(6)7;6*1-3-4-2;;/h10H,2H2,1H3,(H,6,7)(H,8,9);6*1,3-4H2,2H3;;/q;;;;;;;2*+1/p-2. The molecule has 0 saturated heterocycles. The van der Waals surface area contributed by atoms with Crippen molar-refractivity contribution in [3.05, 3.63) is 0 Å². The Balaban J connectivity index is -0.000000459. The minimum atomic E-state index is -2.33. The molecule has 0 aliphatic rings. The molecule has 1 N–H and O–H groups in total. The van der Waals surface area contributed by atoms with Gasteiger partial charge in [0.15, 0.2) is 0 Å². The van der Waals surface area contributed by atoms with Crippen LogP contribution in [0.1, 0.15) is 132 Å². The first kappa shape index (κ1) is 41.0. The molecule has 0 fully saturated rings. The van der Waals surface area contributed by atoms with Crippen molar-refractivity contribution < 1.29 is 24.9 Å². The Labute approximate surface area is 239 Å². The van der Waals surface area contributed by atoms with Crippen molar-refractivity contribution in [1.82, 2.24) is 0 Å². The molecule has 1 unspecified atom stereocenters. The van der Waals surface area contributed by atoms with Crippen LogP contribution in [0, 0.1) is 0 Å². The van der Waals surface area contributed by atoms with E-state index in [1.165, 1.54) is 77.0 Å². The van der Waals surface area contributed by atoms with Gasteiger partial charge in [-0.1, -0.05) is 0 Å². The maximum atomic E-state index is 9.90. The van der Waals surface area contributed by atoms with Crippen LogP contribution in [0.5, 0.6) is 0 Å². The minimum absolute atomic E-state index is 0.831. The van der Waals surface area contributed by atoms with Crippen LogP contribution in [0.2, 0.25) is 26.6 Å². The van der Waals surface area contributed by atoms with Gasteiger partial charge in [0.2, 0.25) is 0 Å². The summed E-state index contributed by atoms with van der Waals surface area (Å²) < 4.78 is 10.1. The summed E-state index contributed by atoms with van der Waals surface area (Å²) in [5.41, 5.74) is -2.33. The van der Waals surface area contributed by atoms with Gasteiger partial charge in [0.05, 0.1) is 5.97 Å². The van der Waals surface area contributed by atoms with Crippen LogP contribution >= 0.6 is 0 Å². The predicted molar refractivity (Wildman–Crippen MR) is 155 cm³/mol. The molecule has 214 valence electrons. The van der Waals surface area contributed by atoms with Crippen LogP contribution in [0.4, 0.5) is 0 Å². The normalized spacial score (nSPS) is 11.9. The molecule has 36 heavy (non-hydrogen) atoms. The van der Waals surface area contributed by atoms with E-state index in [4.69, 9.17) is 5.11 Å². The molecule has 7 heteroatoms. The SMILES string of the molecule is CC(O)(CC(=O)[O-])C(=O)[O-].CCC[CH2][Sn+]([CH2]CCC)[CH2]CCC.CCC[CH2][Sn+]([CH2]CCC)[CH2]CCC. The summed E-state index contributed by atoms with van der Waals surface area (Å²) >= 11 is -1.68. The number of hydrogen-bond acceptors (Lipinski definition) is 5. The molecular formula is C29H60O5Sn2. The Kier molecular flexibility index (Phi) is 34.2. The molecule has 0 bridgehead atoms. The first-order valence-electron chi connectivity index (χ1n) is 14.9. The Morgan fingerprint density at radius 3 is 0.917 bits per heavy atom. The van der Waals surface area contributed by atoms with Crippen LogP contribution in [-0.4, -0.2) is 62.2 Å². The van der Waals surface area contributed by atoms with Crippen molar-refractivity contribution in [2.45, 2.75) is 164 Å². The van der Waals surface area contributed by atoms with E-state index in [2.05, 4.69) is 41.5 Å². The average Bonchev–Trinajstić information content (AvgIpc) is 2.83. The van der Waals surface area contributed by atoms with E-state index < -0.39 is 63.5 Å². The predicted octanol–water partition coefficient (Wildman–Crippen LogP) is 6.39. The number of carboxylic acid groups (broad SMARTS) is 2. The Morgan fingerprint density at radius 1 is 0.583 bits per heavy atom. The van der Waals surface area contributed by atoms with Gasteiger partial charge >= 0.3 is 185 Å². The number of aliphatic carboxylic acids is 2. The van der Waals surface area contributed by atoms with Crippen molar-refractivity contribution in [2.24, 2.45) is 0 Å². The summed E-state index contributed by atoms with van der Waals surface area (Å²) in [5, 5.41) is 28.3. The molecule has 5 nitrogen and oxygen atoms in total. The van der Waals surface area contributed by atoms with E-state index in [-0.39, 0.29) is 0 Å². The number of hydrogen-bond donors (Lipinski definition) is 1. The van der Waals surface area contributed by atoms with Crippen LogP contribution in [0.15, 0.2) is 0 Å². The molecule has 0 aliphatic carbocycles. The number of aliphatic hydroxyl groups is 1. The summed E-state index contributed by atoms with van der Waals surface area (Å²) in [4.78, 5) is 19.7. The van der Waals surface area contributed by atoms with Gasteiger partial charge < -0.3 is 24.9 Å². The zero-order chi connectivity index (χ0) is 28.2. The quantitative estimate of drug-likeness (QED) is 0.138. The van der Waals surface area contributed by atoms with E-state index in [0.29, 0.717) is 0 Å². The fraction of sp³-hybridized carbons (Fsp3) is 0.931. The zero-order valence-corrected chi connectivity index (χ0v) is 30.7. The third-order valence-corrected chi connectivity index (χ3v) is 24.4. The van der Waals surface area contributed by atoms with E-state index in [9.17, 15) is 19.8 Å². The number of carbonyl (C=O) groups excluding carboxylic acids is 2. The number of carbonyl (C=O) groups is 2. The zero-order valence-electron chi connectivity index (χ0n) is 25.0. The molecule has 0 aromatic heterocycles. The van der Waals surface area contributed by atoms with Crippen molar-refractivity contribution in [1.29, 1.82) is 0 Å². The van der Waals surface area contributed by atoms with Crippen LogP contribution < -0.4 is 10.2 Å². The molecule has 0 aliphatic heterocycles. The second kappa shape index (κ2) is 30.0. The Hall–Kier alpha value is 0.497. The molecule has 0 radical (unpaired) electrons. The molecule has 0 amide bonds. The fourth-order valence-electron chi connectivity index (χ4n) is 3.66. The third kappa shape index (κ3) is 30.7. The molecule has 0 saturated carbocycles. The topological polar surface area (TPSA) is 100 Å². The van der Waals surface area contributed by atoms with Gasteiger partial charge in [-0.05, 0) is 6.92 Å². The summed E-state index contributed by atoms with van der Waals surface area (Å²) in [6.07, 6.45) is 16.7. The molecule has 0 aromatic rings. The molecule has 1 atom stereocenters. The first-order valence-corrected chi connectivity index (χ1v) is 27.0. The van der Waals surface area contributed by atoms with E-state index in [1.54, 1.807) is 26.6 Å². The fourth-order valence-corrected chi connectivity index (χ4v) is 22.6. The summed E-state index contributed by atoms with van der Waals surface area (Å²) in [5.74, 6) is -3.45. The monoisotopic (exact) mass is 728 g/mol. The summed E-state index contributed by atoms with van der Waals surface area (Å²) in [6, 6.07) is 0. The maximum absolute atomic E-state index is 9.90. The Morgan fingerprint density at radius 2 is 0.806 bits per heavy atom. The van der Waals surface area contributed by atoms with Gasteiger partial charge in [0.25, 0.3) is 0 Å². The molecular weight excluding hydrogens is 666 g/mol. The number of unbranched alkanes of at least 4 members (excludes halogenated alkanes) is 6. The number of rotatable bonds is 21. The van der Waals surface area contributed by atoms with Gasteiger partial charge in [-0.25, -0.2) is 0 Å². The van der Waals surface area contributed by atoms with Gasteiger partial charge in [0, 0.05) is 12.4 Å². The van der Waals surface area contributed by atoms with Crippen molar-refractivity contribution in [2.75, 3.05) is 0 Å². The van der Waals surface area contributed by atoms with E-state index in [0.717, 1.165) is 6.92 Å². The van der Waals surface area contributed by atoms with Crippen molar-refractivity contribution >= 4 is 51.5 Å². The van der Waals surface area contributed by atoms with Crippen LogP contribution in [0.3, 0.4) is 0 Å². The first-order chi connectivity index (χ1) is 17.1. The van der Waals surface area contributed by atoms with Gasteiger partial charge in [-0.2, -0.15) is 0 Å². The molecule has 0 rings (SSSR count).